The van der Waals surface area contributed by atoms with Gasteiger partial charge in [-0.3, -0.25) is 13.9 Å². The molecule has 0 aliphatic carbocycles. The van der Waals surface area contributed by atoms with Crippen LogP contribution in [-0.4, -0.2) is 50.5 Å². The molecule has 0 aromatic heterocycles. The molecule has 2 aromatic carbocycles. The summed E-state index contributed by atoms with van der Waals surface area (Å²) in [6.45, 7) is 5.61. The smallest absolute Gasteiger partial charge is 0.244 e. The van der Waals surface area contributed by atoms with Gasteiger partial charge in [-0.25, -0.2) is 8.42 Å². The Labute approximate surface area is 205 Å². The standard InChI is InChI=1S/C23H29Cl2N3O4S/c1-16(2)13-26-23(30)17(3)27(14-18-7-5-8-19(24)11-18)22(29)15-28(33(4,31)32)21-10-6-9-20(25)12-21/h5-12,16-17H,13-15H2,1-4H3,(H,26,30). The van der Waals surface area contributed by atoms with Gasteiger partial charge >= 0.3 is 0 Å². The highest BCUT2D eigenvalue weighted by molar-refractivity contribution is 7.92. The van der Waals surface area contributed by atoms with Crippen LogP contribution in [0.1, 0.15) is 26.3 Å². The number of rotatable bonds is 10. The summed E-state index contributed by atoms with van der Waals surface area (Å²) >= 11 is 12.1. The number of anilines is 1. The van der Waals surface area contributed by atoms with Crippen molar-refractivity contribution < 1.29 is 18.0 Å². The van der Waals surface area contributed by atoms with E-state index in [-0.39, 0.29) is 24.1 Å². The molecule has 0 bridgehead atoms. The zero-order valence-electron chi connectivity index (χ0n) is 19.1. The fourth-order valence-electron chi connectivity index (χ4n) is 3.11. The van der Waals surface area contributed by atoms with Gasteiger partial charge in [0.05, 0.1) is 11.9 Å². The molecule has 0 spiro atoms. The minimum atomic E-state index is -3.80. The Kier molecular flexibility index (Phi) is 9.57. The predicted molar refractivity (Wildman–Crippen MR) is 133 cm³/mol. The Hall–Kier alpha value is -2.29. The van der Waals surface area contributed by atoms with Gasteiger partial charge in [-0.2, -0.15) is 0 Å². The Balaban J connectivity index is 2.36. The van der Waals surface area contributed by atoms with Gasteiger partial charge in [-0.1, -0.05) is 55.2 Å². The molecule has 1 atom stereocenters. The number of halogens is 2. The third-order valence-corrected chi connectivity index (χ3v) is 6.48. The van der Waals surface area contributed by atoms with Gasteiger partial charge in [-0.15, -0.1) is 0 Å². The van der Waals surface area contributed by atoms with E-state index < -0.39 is 28.5 Å². The van der Waals surface area contributed by atoms with Gasteiger partial charge in [0, 0.05) is 23.1 Å². The van der Waals surface area contributed by atoms with E-state index in [0.29, 0.717) is 22.2 Å². The number of benzene rings is 2. The van der Waals surface area contributed by atoms with Crippen LogP contribution in [0.15, 0.2) is 48.5 Å². The molecule has 180 valence electrons. The summed E-state index contributed by atoms with van der Waals surface area (Å²) in [6, 6.07) is 12.3. The van der Waals surface area contributed by atoms with Crippen molar-refractivity contribution in [2.45, 2.75) is 33.4 Å². The molecule has 2 amide bonds. The molecule has 7 nitrogen and oxygen atoms in total. The van der Waals surface area contributed by atoms with Crippen molar-refractivity contribution >= 4 is 50.7 Å². The minimum absolute atomic E-state index is 0.0861. The number of nitrogens with one attached hydrogen (secondary N) is 1. The topological polar surface area (TPSA) is 86.8 Å². The number of hydrogen-bond donors (Lipinski definition) is 1. The maximum Gasteiger partial charge on any atom is 0.244 e. The number of amides is 2. The van der Waals surface area contributed by atoms with Crippen molar-refractivity contribution in [2.24, 2.45) is 5.92 Å². The number of carbonyl (C=O) groups excluding carboxylic acids is 2. The monoisotopic (exact) mass is 513 g/mol. The molecular formula is C23H29Cl2N3O4S. The third kappa shape index (κ3) is 8.21. The normalized spacial score (nSPS) is 12.3. The highest BCUT2D eigenvalue weighted by Crippen LogP contribution is 2.23. The molecule has 0 fully saturated rings. The van der Waals surface area contributed by atoms with Gasteiger partial charge in [0.1, 0.15) is 12.6 Å². The Morgan fingerprint density at radius 3 is 2.15 bits per heavy atom. The van der Waals surface area contributed by atoms with Crippen LogP contribution in [0.5, 0.6) is 0 Å². The van der Waals surface area contributed by atoms with Crippen LogP contribution in [0.25, 0.3) is 0 Å². The molecule has 0 aliphatic heterocycles. The van der Waals surface area contributed by atoms with Crippen LogP contribution in [-0.2, 0) is 26.2 Å². The zero-order valence-corrected chi connectivity index (χ0v) is 21.4. The maximum atomic E-state index is 13.4. The van der Waals surface area contributed by atoms with E-state index in [0.717, 1.165) is 10.6 Å². The lowest BCUT2D eigenvalue weighted by atomic mass is 10.1. The number of nitrogens with zero attached hydrogens (tertiary/aromatic N) is 2. The predicted octanol–water partition coefficient (Wildman–Crippen LogP) is 3.95. The van der Waals surface area contributed by atoms with Crippen LogP contribution in [0.3, 0.4) is 0 Å². The highest BCUT2D eigenvalue weighted by atomic mass is 35.5. The lowest BCUT2D eigenvalue weighted by Crippen LogP contribution is -2.51. The molecule has 33 heavy (non-hydrogen) atoms. The van der Waals surface area contributed by atoms with Crippen LogP contribution < -0.4 is 9.62 Å². The highest BCUT2D eigenvalue weighted by Gasteiger charge is 2.30. The van der Waals surface area contributed by atoms with Gasteiger partial charge in [0.2, 0.25) is 21.8 Å². The van der Waals surface area contributed by atoms with E-state index in [9.17, 15) is 18.0 Å². The molecule has 1 N–H and O–H groups in total. The third-order valence-electron chi connectivity index (χ3n) is 4.87. The molecule has 0 saturated heterocycles. The van der Waals surface area contributed by atoms with Crippen LogP contribution in [0.4, 0.5) is 5.69 Å². The van der Waals surface area contributed by atoms with E-state index in [1.807, 2.05) is 13.8 Å². The fraction of sp³-hybridized carbons (Fsp3) is 0.391. The van der Waals surface area contributed by atoms with Gasteiger partial charge < -0.3 is 10.2 Å². The van der Waals surface area contributed by atoms with Crippen molar-refractivity contribution in [3.05, 3.63) is 64.1 Å². The summed E-state index contributed by atoms with van der Waals surface area (Å²) in [6.07, 6.45) is 1.02. The Bertz CT molecular complexity index is 1090. The molecule has 2 rings (SSSR count). The maximum absolute atomic E-state index is 13.4. The van der Waals surface area contributed by atoms with E-state index in [4.69, 9.17) is 23.2 Å². The van der Waals surface area contributed by atoms with Gasteiger partial charge in [0.15, 0.2) is 0 Å². The molecule has 10 heteroatoms. The molecular weight excluding hydrogens is 485 g/mol. The minimum Gasteiger partial charge on any atom is -0.354 e. The summed E-state index contributed by atoms with van der Waals surface area (Å²) in [7, 11) is -3.80. The van der Waals surface area contributed by atoms with Crippen molar-refractivity contribution in [1.29, 1.82) is 0 Å². The van der Waals surface area contributed by atoms with E-state index in [2.05, 4.69) is 5.32 Å². The number of hydrogen-bond acceptors (Lipinski definition) is 4. The summed E-state index contributed by atoms with van der Waals surface area (Å²) in [5.41, 5.74) is 0.978. The molecule has 0 heterocycles. The first kappa shape index (κ1) is 27.0. The molecule has 0 radical (unpaired) electrons. The van der Waals surface area contributed by atoms with Crippen LogP contribution in [0, 0.1) is 5.92 Å². The summed E-state index contributed by atoms with van der Waals surface area (Å²) < 4.78 is 26.0. The lowest BCUT2D eigenvalue weighted by molar-refractivity contribution is -0.139. The number of carbonyl (C=O) groups is 2. The van der Waals surface area contributed by atoms with Gasteiger partial charge in [0.25, 0.3) is 0 Å². The molecule has 0 saturated carbocycles. The Morgan fingerprint density at radius 1 is 1.00 bits per heavy atom. The average molecular weight is 514 g/mol. The first-order chi connectivity index (χ1) is 15.4. The average Bonchev–Trinajstić information content (AvgIpc) is 2.72. The zero-order chi connectivity index (χ0) is 24.8. The second-order valence-electron chi connectivity index (χ2n) is 8.22. The lowest BCUT2D eigenvalue weighted by Gasteiger charge is -2.31. The molecule has 0 aliphatic rings. The largest absolute Gasteiger partial charge is 0.354 e. The van der Waals surface area contributed by atoms with E-state index in [1.165, 1.54) is 11.0 Å². The second kappa shape index (κ2) is 11.7. The first-order valence-corrected chi connectivity index (χ1v) is 13.0. The van der Waals surface area contributed by atoms with Gasteiger partial charge in [-0.05, 0) is 48.7 Å². The van der Waals surface area contributed by atoms with Crippen molar-refractivity contribution in [3.8, 4) is 0 Å². The SMILES string of the molecule is CC(C)CNC(=O)C(C)N(Cc1cccc(Cl)c1)C(=O)CN(c1cccc(Cl)c1)S(C)(=O)=O. The van der Waals surface area contributed by atoms with Crippen molar-refractivity contribution in [1.82, 2.24) is 10.2 Å². The second-order valence-corrected chi connectivity index (χ2v) is 11.0. The fourth-order valence-corrected chi connectivity index (χ4v) is 4.35. The van der Waals surface area contributed by atoms with Crippen molar-refractivity contribution in [3.63, 3.8) is 0 Å². The van der Waals surface area contributed by atoms with E-state index >= 15 is 0 Å². The van der Waals surface area contributed by atoms with Crippen LogP contribution in [0.2, 0.25) is 10.0 Å². The van der Waals surface area contributed by atoms with Crippen LogP contribution >= 0.6 is 23.2 Å². The molecule has 1 unspecified atom stereocenters. The Morgan fingerprint density at radius 2 is 1.61 bits per heavy atom. The molecule has 2 aromatic rings. The summed E-state index contributed by atoms with van der Waals surface area (Å²) in [5.74, 6) is -0.623. The first-order valence-electron chi connectivity index (χ1n) is 10.4. The summed E-state index contributed by atoms with van der Waals surface area (Å²) in [5, 5.41) is 3.66. The van der Waals surface area contributed by atoms with E-state index in [1.54, 1.807) is 49.4 Å². The van der Waals surface area contributed by atoms with Crippen molar-refractivity contribution in [2.75, 3.05) is 23.7 Å². The summed E-state index contributed by atoms with van der Waals surface area (Å²) in [4.78, 5) is 27.5. The quantitative estimate of drug-likeness (QED) is 0.520. The number of sulfonamides is 1.